The molecule has 0 radical (unpaired) electrons. The molecule has 2 atom stereocenters. The van der Waals surface area contributed by atoms with Crippen LogP contribution in [0.1, 0.15) is 66.7 Å². The molecule has 1 aliphatic heterocycles. The van der Waals surface area contributed by atoms with Crippen LogP contribution in [0.15, 0.2) is 0 Å². The highest BCUT2D eigenvalue weighted by molar-refractivity contribution is 5.69. The van der Waals surface area contributed by atoms with Crippen molar-refractivity contribution >= 4 is 5.97 Å². The fraction of sp³-hybridized carbons (Fsp3) is 0.941. The molecule has 0 spiro atoms. The SMILES string of the molecule is CCOC(=O)C[C@H](CCC(C)C)[C@H]1CCOC(C)(C)C1. The third-order valence-corrected chi connectivity index (χ3v) is 4.25. The lowest BCUT2D eigenvalue weighted by atomic mass is 9.75. The van der Waals surface area contributed by atoms with Gasteiger partial charge in [-0.3, -0.25) is 4.79 Å². The lowest BCUT2D eigenvalue weighted by Crippen LogP contribution is -2.37. The van der Waals surface area contributed by atoms with E-state index in [1.807, 2.05) is 6.92 Å². The molecule has 0 aromatic rings. The van der Waals surface area contributed by atoms with E-state index in [1.165, 1.54) is 6.42 Å². The fourth-order valence-corrected chi connectivity index (χ4v) is 3.17. The molecule has 0 bridgehead atoms. The number of esters is 1. The van der Waals surface area contributed by atoms with Crippen LogP contribution in [0.5, 0.6) is 0 Å². The predicted molar refractivity (Wildman–Crippen MR) is 81.6 cm³/mol. The minimum Gasteiger partial charge on any atom is -0.466 e. The van der Waals surface area contributed by atoms with Gasteiger partial charge in [0.1, 0.15) is 0 Å². The van der Waals surface area contributed by atoms with Crippen molar-refractivity contribution in [1.82, 2.24) is 0 Å². The zero-order chi connectivity index (χ0) is 15.2. The first-order valence-electron chi connectivity index (χ1n) is 8.13. The van der Waals surface area contributed by atoms with Gasteiger partial charge in [0.2, 0.25) is 0 Å². The average molecular weight is 284 g/mol. The standard InChI is InChI=1S/C17H32O3/c1-6-19-16(18)11-14(8-7-13(2)3)15-9-10-20-17(4,5)12-15/h13-15H,6-12H2,1-5H3/t14-,15-/m0/s1. The molecule has 0 aliphatic carbocycles. The Morgan fingerprint density at radius 2 is 2.05 bits per heavy atom. The van der Waals surface area contributed by atoms with E-state index in [0.29, 0.717) is 30.8 Å². The maximum absolute atomic E-state index is 11.8. The number of hydrogen-bond acceptors (Lipinski definition) is 3. The molecule has 1 rings (SSSR count). The summed E-state index contributed by atoms with van der Waals surface area (Å²) >= 11 is 0. The van der Waals surface area contributed by atoms with Crippen LogP contribution in [0.25, 0.3) is 0 Å². The molecule has 1 aliphatic rings. The first-order valence-corrected chi connectivity index (χ1v) is 8.13. The van der Waals surface area contributed by atoms with E-state index in [2.05, 4.69) is 27.7 Å². The van der Waals surface area contributed by atoms with Crippen LogP contribution in [0.2, 0.25) is 0 Å². The van der Waals surface area contributed by atoms with Crippen molar-refractivity contribution in [2.75, 3.05) is 13.2 Å². The Morgan fingerprint density at radius 1 is 1.35 bits per heavy atom. The second-order valence-corrected chi connectivity index (χ2v) is 7.10. The molecule has 3 heteroatoms. The van der Waals surface area contributed by atoms with Gasteiger partial charge in [-0.15, -0.1) is 0 Å². The number of rotatable bonds is 7. The third kappa shape index (κ3) is 6.25. The first kappa shape index (κ1) is 17.5. The van der Waals surface area contributed by atoms with E-state index in [1.54, 1.807) is 0 Å². The summed E-state index contributed by atoms with van der Waals surface area (Å²) in [4.78, 5) is 11.8. The van der Waals surface area contributed by atoms with Crippen LogP contribution in [0, 0.1) is 17.8 Å². The number of carbonyl (C=O) groups excluding carboxylic acids is 1. The highest BCUT2D eigenvalue weighted by atomic mass is 16.5. The Morgan fingerprint density at radius 3 is 2.60 bits per heavy atom. The Labute approximate surface area is 124 Å². The lowest BCUT2D eigenvalue weighted by molar-refractivity contribution is -0.146. The molecular weight excluding hydrogens is 252 g/mol. The number of ether oxygens (including phenoxy) is 2. The van der Waals surface area contributed by atoms with Gasteiger partial charge in [0, 0.05) is 13.0 Å². The minimum atomic E-state index is -0.0480. The molecule has 0 aromatic heterocycles. The predicted octanol–water partition coefficient (Wildman–Crippen LogP) is 4.20. The van der Waals surface area contributed by atoms with Gasteiger partial charge in [0.25, 0.3) is 0 Å². The Balaban J connectivity index is 2.62. The fourth-order valence-electron chi connectivity index (χ4n) is 3.17. The van der Waals surface area contributed by atoms with Gasteiger partial charge in [0.15, 0.2) is 0 Å². The van der Waals surface area contributed by atoms with Crippen molar-refractivity contribution in [3.8, 4) is 0 Å². The van der Waals surface area contributed by atoms with E-state index in [0.717, 1.165) is 25.9 Å². The molecule has 0 amide bonds. The molecular formula is C17H32O3. The zero-order valence-electron chi connectivity index (χ0n) is 13.9. The van der Waals surface area contributed by atoms with Crippen LogP contribution >= 0.6 is 0 Å². The van der Waals surface area contributed by atoms with E-state index in [4.69, 9.17) is 9.47 Å². The Kier molecular flexibility index (Phi) is 7.01. The monoisotopic (exact) mass is 284 g/mol. The highest BCUT2D eigenvalue weighted by Crippen LogP contribution is 2.37. The molecule has 1 saturated heterocycles. The quantitative estimate of drug-likeness (QED) is 0.657. The maximum atomic E-state index is 11.8. The van der Waals surface area contributed by atoms with Crippen LogP contribution in [0.4, 0.5) is 0 Å². The van der Waals surface area contributed by atoms with Crippen molar-refractivity contribution in [3.05, 3.63) is 0 Å². The van der Waals surface area contributed by atoms with Crippen molar-refractivity contribution in [3.63, 3.8) is 0 Å². The maximum Gasteiger partial charge on any atom is 0.306 e. The molecule has 0 N–H and O–H groups in total. The summed E-state index contributed by atoms with van der Waals surface area (Å²) in [6.07, 6.45) is 5.00. The summed E-state index contributed by atoms with van der Waals surface area (Å²) in [5, 5.41) is 0. The third-order valence-electron chi connectivity index (χ3n) is 4.25. The van der Waals surface area contributed by atoms with E-state index in [-0.39, 0.29) is 11.6 Å². The van der Waals surface area contributed by atoms with Gasteiger partial charge < -0.3 is 9.47 Å². The highest BCUT2D eigenvalue weighted by Gasteiger charge is 2.34. The number of hydrogen-bond donors (Lipinski definition) is 0. The van der Waals surface area contributed by atoms with Gasteiger partial charge in [-0.1, -0.05) is 20.3 Å². The van der Waals surface area contributed by atoms with Gasteiger partial charge in [0.05, 0.1) is 12.2 Å². The van der Waals surface area contributed by atoms with Gasteiger partial charge >= 0.3 is 5.97 Å². The second kappa shape index (κ2) is 8.02. The first-order chi connectivity index (χ1) is 9.34. The summed E-state index contributed by atoms with van der Waals surface area (Å²) in [6.45, 7) is 12.0. The van der Waals surface area contributed by atoms with E-state index < -0.39 is 0 Å². The van der Waals surface area contributed by atoms with Crippen molar-refractivity contribution in [2.45, 2.75) is 72.3 Å². The summed E-state index contributed by atoms with van der Waals surface area (Å²) in [7, 11) is 0. The molecule has 0 saturated carbocycles. The van der Waals surface area contributed by atoms with E-state index in [9.17, 15) is 4.79 Å². The molecule has 3 nitrogen and oxygen atoms in total. The summed E-state index contributed by atoms with van der Waals surface area (Å²) < 4.78 is 11.0. The molecule has 20 heavy (non-hydrogen) atoms. The van der Waals surface area contributed by atoms with Crippen molar-refractivity contribution in [1.29, 1.82) is 0 Å². The van der Waals surface area contributed by atoms with Gasteiger partial charge in [-0.25, -0.2) is 0 Å². The molecule has 118 valence electrons. The molecule has 1 fully saturated rings. The van der Waals surface area contributed by atoms with Gasteiger partial charge in [-0.05, 0) is 57.8 Å². The summed E-state index contributed by atoms with van der Waals surface area (Å²) in [5.41, 5.74) is -0.0480. The topological polar surface area (TPSA) is 35.5 Å². The normalized spacial score (nSPS) is 23.6. The van der Waals surface area contributed by atoms with Crippen molar-refractivity contribution < 1.29 is 14.3 Å². The Bertz CT molecular complexity index is 297. The summed E-state index contributed by atoms with van der Waals surface area (Å²) in [6, 6.07) is 0. The summed E-state index contributed by atoms with van der Waals surface area (Å²) in [5.74, 6) is 1.68. The van der Waals surface area contributed by atoms with Crippen LogP contribution < -0.4 is 0 Å². The zero-order valence-corrected chi connectivity index (χ0v) is 13.9. The minimum absolute atomic E-state index is 0.0365. The van der Waals surface area contributed by atoms with Gasteiger partial charge in [-0.2, -0.15) is 0 Å². The molecule has 0 unspecified atom stereocenters. The average Bonchev–Trinajstić information content (AvgIpc) is 2.33. The lowest BCUT2D eigenvalue weighted by Gasteiger charge is -2.39. The second-order valence-electron chi connectivity index (χ2n) is 7.10. The van der Waals surface area contributed by atoms with E-state index >= 15 is 0 Å². The van der Waals surface area contributed by atoms with Crippen LogP contribution in [-0.2, 0) is 14.3 Å². The molecule has 0 aromatic carbocycles. The van der Waals surface area contributed by atoms with Crippen LogP contribution in [0.3, 0.4) is 0 Å². The number of carbonyl (C=O) groups is 1. The Hall–Kier alpha value is -0.570. The van der Waals surface area contributed by atoms with Crippen molar-refractivity contribution in [2.24, 2.45) is 17.8 Å². The molecule has 1 heterocycles. The smallest absolute Gasteiger partial charge is 0.306 e. The van der Waals surface area contributed by atoms with Crippen LogP contribution in [-0.4, -0.2) is 24.8 Å². The largest absolute Gasteiger partial charge is 0.466 e.